The standard InChI is InChI=1S/C32H35N5OS/c1-21-8-7-9-22(2)30(21)36-23(3)20-27(24(36)4)31-29(28-10-5-6-15-33-28)34-32(39)37(31)26-13-11-25(12-14-26)35-16-18-38-19-17-35/h5-15,20,29,31H,16-19H2,1-4H3,(H,34,39). The largest absolute Gasteiger partial charge is 0.378 e. The third-order valence-electron chi connectivity index (χ3n) is 8.05. The molecule has 2 unspecified atom stereocenters. The van der Waals surface area contributed by atoms with E-state index >= 15 is 0 Å². The quantitative estimate of drug-likeness (QED) is 0.310. The second-order valence-corrected chi connectivity index (χ2v) is 10.9. The van der Waals surface area contributed by atoms with E-state index in [1.54, 1.807) is 0 Å². The number of hydrogen-bond donors (Lipinski definition) is 1. The molecule has 0 saturated carbocycles. The van der Waals surface area contributed by atoms with Gasteiger partial charge in [-0.3, -0.25) is 4.98 Å². The zero-order chi connectivity index (χ0) is 27.1. The van der Waals surface area contributed by atoms with E-state index in [4.69, 9.17) is 21.9 Å². The minimum absolute atomic E-state index is 0.0501. The summed E-state index contributed by atoms with van der Waals surface area (Å²) in [5.41, 5.74) is 10.7. The molecule has 2 atom stereocenters. The van der Waals surface area contributed by atoms with Crippen LogP contribution in [0.3, 0.4) is 0 Å². The van der Waals surface area contributed by atoms with Gasteiger partial charge in [0.05, 0.1) is 36.7 Å². The van der Waals surface area contributed by atoms with Gasteiger partial charge < -0.3 is 24.4 Å². The van der Waals surface area contributed by atoms with Gasteiger partial charge in [0.2, 0.25) is 0 Å². The molecule has 2 aromatic carbocycles. The van der Waals surface area contributed by atoms with E-state index < -0.39 is 0 Å². The molecule has 0 spiro atoms. The number of hydrogen-bond acceptors (Lipinski definition) is 4. The topological polar surface area (TPSA) is 45.6 Å². The van der Waals surface area contributed by atoms with E-state index in [1.807, 2.05) is 18.3 Å². The molecule has 39 heavy (non-hydrogen) atoms. The number of benzene rings is 2. The van der Waals surface area contributed by atoms with E-state index in [0.29, 0.717) is 5.11 Å². The Morgan fingerprint density at radius 1 is 0.872 bits per heavy atom. The normalized spacial score (nSPS) is 19.4. The summed E-state index contributed by atoms with van der Waals surface area (Å²) >= 11 is 6.01. The molecule has 2 saturated heterocycles. The predicted molar refractivity (Wildman–Crippen MR) is 162 cm³/mol. The van der Waals surface area contributed by atoms with E-state index in [0.717, 1.165) is 37.7 Å². The van der Waals surface area contributed by atoms with Crippen LogP contribution >= 0.6 is 12.2 Å². The molecule has 0 aliphatic carbocycles. The predicted octanol–water partition coefficient (Wildman–Crippen LogP) is 6.12. The minimum Gasteiger partial charge on any atom is -0.378 e. The van der Waals surface area contributed by atoms with Crippen LogP contribution in [0.4, 0.5) is 11.4 Å². The number of para-hydroxylation sites is 1. The van der Waals surface area contributed by atoms with Gasteiger partial charge in [0, 0.05) is 42.0 Å². The molecule has 200 valence electrons. The molecule has 2 aliphatic heterocycles. The Kier molecular flexibility index (Phi) is 6.87. The molecule has 0 radical (unpaired) electrons. The fourth-order valence-electron chi connectivity index (χ4n) is 6.18. The van der Waals surface area contributed by atoms with Crippen molar-refractivity contribution in [1.29, 1.82) is 0 Å². The van der Waals surface area contributed by atoms with Crippen LogP contribution in [0.5, 0.6) is 0 Å². The Morgan fingerprint density at radius 2 is 1.56 bits per heavy atom. The summed E-state index contributed by atoms with van der Waals surface area (Å²) in [4.78, 5) is 9.39. The smallest absolute Gasteiger partial charge is 0.174 e. The van der Waals surface area contributed by atoms with Crippen LogP contribution in [-0.4, -0.2) is 41.0 Å². The molecule has 6 nitrogen and oxygen atoms in total. The van der Waals surface area contributed by atoms with Crippen molar-refractivity contribution >= 4 is 28.7 Å². The van der Waals surface area contributed by atoms with E-state index in [2.05, 4.69) is 102 Å². The molecular weight excluding hydrogens is 502 g/mol. The molecule has 0 amide bonds. The van der Waals surface area contributed by atoms with Gasteiger partial charge in [-0.2, -0.15) is 0 Å². The van der Waals surface area contributed by atoms with Gasteiger partial charge in [0.1, 0.15) is 0 Å². The minimum atomic E-state index is -0.0791. The van der Waals surface area contributed by atoms with Gasteiger partial charge in [-0.1, -0.05) is 24.3 Å². The Bertz CT molecular complexity index is 1470. The zero-order valence-corrected chi connectivity index (χ0v) is 23.8. The first-order valence-corrected chi connectivity index (χ1v) is 14.0. The lowest BCUT2D eigenvalue weighted by molar-refractivity contribution is 0.122. The number of aryl methyl sites for hydroxylation is 3. The first-order chi connectivity index (χ1) is 18.9. The van der Waals surface area contributed by atoms with Crippen molar-refractivity contribution in [2.24, 2.45) is 0 Å². The van der Waals surface area contributed by atoms with Gasteiger partial charge in [0.15, 0.2) is 5.11 Å². The van der Waals surface area contributed by atoms with Crippen molar-refractivity contribution in [3.8, 4) is 5.69 Å². The summed E-state index contributed by atoms with van der Waals surface area (Å²) in [6, 6.07) is 23.6. The van der Waals surface area contributed by atoms with E-state index in [-0.39, 0.29) is 12.1 Å². The summed E-state index contributed by atoms with van der Waals surface area (Å²) in [5.74, 6) is 0. The van der Waals surface area contributed by atoms with Crippen molar-refractivity contribution in [2.45, 2.75) is 39.8 Å². The zero-order valence-electron chi connectivity index (χ0n) is 23.0. The van der Waals surface area contributed by atoms with Gasteiger partial charge in [0.25, 0.3) is 0 Å². The van der Waals surface area contributed by atoms with Gasteiger partial charge in [-0.15, -0.1) is 0 Å². The fourth-order valence-corrected chi connectivity index (χ4v) is 6.53. The summed E-state index contributed by atoms with van der Waals surface area (Å²) in [6.07, 6.45) is 1.86. The molecule has 1 N–H and O–H groups in total. The highest BCUT2D eigenvalue weighted by molar-refractivity contribution is 7.80. The number of rotatable bonds is 5. The highest BCUT2D eigenvalue weighted by Gasteiger charge is 2.42. The third kappa shape index (κ3) is 4.60. The second kappa shape index (κ2) is 10.5. The van der Waals surface area contributed by atoms with Crippen molar-refractivity contribution in [3.05, 3.63) is 107 Å². The number of anilines is 2. The number of pyridine rings is 1. The molecule has 2 aliphatic rings. The lowest BCUT2D eigenvalue weighted by Gasteiger charge is -2.31. The van der Waals surface area contributed by atoms with E-state index in [9.17, 15) is 0 Å². The second-order valence-electron chi connectivity index (χ2n) is 10.5. The summed E-state index contributed by atoms with van der Waals surface area (Å²) < 4.78 is 7.94. The Balaban J connectivity index is 1.46. The Hall–Kier alpha value is -3.68. The highest BCUT2D eigenvalue weighted by atomic mass is 32.1. The maximum absolute atomic E-state index is 6.01. The lowest BCUT2D eigenvalue weighted by Crippen LogP contribution is -2.36. The first-order valence-electron chi connectivity index (χ1n) is 13.6. The SMILES string of the molecule is Cc1cccc(C)c1-n1c(C)cc(C2C(c3ccccn3)NC(=S)N2c2ccc(N3CCOCC3)cc2)c1C. The van der Waals surface area contributed by atoms with Crippen LogP contribution in [-0.2, 0) is 4.74 Å². The monoisotopic (exact) mass is 537 g/mol. The van der Waals surface area contributed by atoms with Crippen LogP contribution in [0.15, 0.2) is 72.9 Å². The average molecular weight is 538 g/mol. The number of aromatic nitrogens is 2. The number of morpholine rings is 1. The lowest BCUT2D eigenvalue weighted by atomic mass is 9.96. The molecule has 7 heteroatoms. The van der Waals surface area contributed by atoms with Gasteiger partial charge in [-0.25, -0.2) is 0 Å². The van der Waals surface area contributed by atoms with Crippen LogP contribution in [0.25, 0.3) is 5.69 Å². The van der Waals surface area contributed by atoms with Gasteiger partial charge >= 0.3 is 0 Å². The molecule has 4 heterocycles. The number of ether oxygens (including phenoxy) is 1. The van der Waals surface area contributed by atoms with Crippen molar-refractivity contribution in [3.63, 3.8) is 0 Å². The molecule has 2 fully saturated rings. The fraction of sp³-hybridized carbons (Fsp3) is 0.312. The average Bonchev–Trinajstić information content (AvgIpc) is 3.45. The molecule has 4 aromatic rings. The maximum Gasteiger partial charge on any atom is 0.174 e. The first kappa shape index (κ1) is 25.6. The van der Waals surface area contributed by atoms with Crippen molar-refractivity contribution < 1.29 is 4.74 Å². The summed E-state index contributed by atoms with van der Waals surface area (Å²) in [6.45, 7) is 12.2. The van der Waals surface area contributed by atoms with Crippen LogP contribution in [0.1, 0.15) is 45.9 Å². The number of nitrogens with one attached hydrogen (secondary N) is 1. The van der Waals surface area contributed by atoms with Gasteiger partial charge in [-0.05, 0) is 99.1 Å². The Morgan fingerprint density at radius 3 is 2.23 bits per heavy atom. The summed E-state index contributed by atoms with van der Waals surface area (Å²) in [7, 11) is 0. The molecule has 6 rings (SSSR count). The van der Waals surface area contributed by atoms with Crippen LogP contribution < -0.4 is 15.1 Å². The number of thiocarbonyl (C=S) groups is 1. The van der Waals surface area contributed by atoms with Crippen LogP contribution in [0.2, 0.25) is 0 Å². The maximum atomic E-state index is 6.01. The van der Waals surface area contributed by atoms with E-state index in [1.165, 1.54) is 39.5 Å². The van der Waals surface area contributed by atoms with Crippen LogP contribution in [0, 0.1) is 27.7 Å². The molecule has 0 bridgehead atoms. The highest BCUT2D eigenvalue weighted by Crippen LogP contribution is 2.44. The van der Waals surface area contributed by atoms with Crippen molar-refractivity contribution in [2.75, 3.05) is 36.1 Å². The third-order valence-corrected chi connectivity index (χ3v) is 8.37. The summed E-state index contributed by atoms with van der Waals surface area (Å²) in [5, 5.41) is 4.34. The van der Waals surface area contributed by atoms with Crippen molar-refractivity contribution in [1.82, 2.24) is 14.9 Å². The number of nitrogens with zero attached hydrogens (tertiary/aromatic N) is 4. The Labute approximate surface area is 236 Å². The molecular formula is C32H35N5OS. The molecule has 2 aromatic heterocycles.